The van der Waals surface area contributed by atoms with Crippen molar-refractivity contribution in [2.45, 2.75) is 45.2 Å². The number of nitrogens with one attached hydrogen (secondary N) is 1. The molecule has 25 heavy (non-hydrogen) atoms. The third-order valence-electron chi connectivity index (χ3n) is 4.88. The Morgan fingerprint density at radius 1 is 1.40 bits per heavy atom. The van der Waals surface area contributed by atoms with Gasteiger partial charge in [0.1, 0.15) is 5.82 Å². The SMILES string of the molecule is Cc1ccc2nc(C3CCCN3C(=O)CCCn3cccn3)[nH]c2c1. The molecule has 1 amide bonds. The standard InChI is InChI=1S/C19H23N5O/c1-14-7-8-15-16(13-14)22-19(21-15)17-5-2-12-24(17)18(25)6-3-10-23-11-4-9-20-23/h4,7-9,11,13,17H,2-3,5-6,10,12H2,1H3,(H,21,22). The highest BCUT2D eigenvalue weighted by Gasteiger charge is 2.31. The minimum Gasteiger partial charge on any atom is -0.340 e. The number of benzene rings is 1. The number of likely N-dealkylation sites (tertiary alicyclic amines) is 1. The molecule has 1 saturated heterocycles. The minimum atomic E-state index is 0.0740. The first-order valence-corrected chi connectivity index (χ1v) is 8.94. The van der Waals surface area contributed by atoms with E-state index in [1.807, 2.05) is 27.9 Å². The third kappa shape index (κ3) is 3.29. The molecular weight excluding hydrogens is 314 g/mol. The van der Waals surface area contributed by atoms with E-state index in [9.17, 15) is 4.79 Å². The molecule has 4 rings (SSSR count). The van der Waals surface area contributed by atoms with E-state index in [2.05, 4.69) is 29.1 Å². The first kappa shape index (κ1) is 15.9. The molecule has 1 N–H and O–H groups in total. The summed E-state index contributed by atoms with van der Waals surface area (Å²) < 4.78 is 1.87. The van der Waals surface area contributed by atoms with Crippen LogP contribution in [-0.2, 0) is 11.3 Å². The van der Waals surface area contributed by atoms with Gasteiger partial charge in [-0.3, -0.25) is 9.48 Å². The number of aryl methyl sites for hydroxylation is 2. The first-order chi connectivity index (χ1) is 12.2. The molecule has 0 saturated carbocycles. The van der Waals surface area contributed by atoms with Gasteiger partial charge in [0.2, 0.25) is 5.91 Å². The molecule has 6 heteroatoms. The molecule has 130 valence electrons. The summed E-state index contributed by atoms with van der Waals surface area (Å²) in [4.78, 5) is 22.8. The smallest absolute Gasteiger partial charge is 0.223 e. The fraction of sp³-hybridized carbons (Fsp3) is 0.421. The second-order valence-electron chi connectivity index (χ2n) is 6.76. The molecule has 3 aromatic rings. The number of imidazole rings is 1. The van der Waals surface area contributed by atoms with Crippen molar-refractivity contribution in [2.75, 3.05) is 6.54 Å². The van der Waals surface area contributed by atoms with Crippen molar-refractivity contribution in [3.05, 3.63) is 48.0 Å². The first-order valence-electron chi connectivity index (χ1n) is 8.94. The average molecular weight is 337 g/mol. The summed E-state index contributed by atoms with van der Waals surface area (Å²) in [7, 11) is 0. The van der Waals surface area contributed by atoms with Crippen LogP contribution in [0.5, 0.6) is 0 Å². The van der Waals surface area contributed by atoms with Gasteiger partial charge in [-0.05, 0) is 49.9 Å². The van der Waals surface area contributed by atoms with Crippen LogP contribution in [0.25, 0.3) is 11.0 Å². The molecule has 0 spiro atoms. The molecule has 1 aliphatic heterocycles. The predicted molar refractivity (Wildman–Crippen MR) is 96.0 cm³/mol. The summed E-state index contributed by atoms with van der Waals surface area (Å²) in [5.41, 5.74) is 3.23. The van der Waals surface area contributed by atoms with E-state index in [-0.39, 0.29) is 11.9 Å². The highest BCUT2D eigenvalue weighted by atomic mass is 16.2. The number of fused-ring (bicyclic) bond motifs is 1. The number of carbonyl (C=O) groups excluding carboxylic acids is 1. The average Bonchev–Trinajstić information content (AvgIpc) is 3.33. The van der Waals surface area contributed by atoms with Crippen molar-refractivity contribution in [1.82, 2.24) is 24.6 Å². The van der Waals surface area contributed by atoms with Crippen molar-refractivity contribution < 1.29 is 4.79 Å². The lowest BCUT2D eigenvalue weighted by Crippen LogP contribution is -2.31. The van der Waals surface area contributed by atoms with E-state index < -0.39 is 0 Å². The van der Waals surface area contributed by atoms with E-state index >= 15 is 0 Å². The number of nitrogens with zero attached hydrogens (tertiary/aromatic N) is 4. The van der Waals surface area contributed by atoms with E-state index in [1.165, 1.54) is 5.56 Å². The van der Waals surface area contributed by atoms with Gasteiger partial charge in [0.25, 0.3) is 0 Å². The highest BCUT2D eigenvalue weighted by Crippen LogP contribution is 2.32. The summed E-state index contributed by atoms with van der Waals surface area (Å²) in [6, 6.07) is 8.19. The fourth-order valence-corrected chi connectivity index (χ4v) is 3.62. The number of H-pyrrole nitrogens is 1. The maximum Gasteiger partial charge on any atom is 0.223 e. The Balaban J connectivity index is 1.44. The van der Waals surface area contributed by atoms with Crippen LogP contribution in [0.15, 0.2) is 36.7 Å². The van der Waals surface area contributed by atoms with Gasteiger partial charge in [-0.1, -0.05) is 6.07 Å². The molecule has 6 nitrogen and oxygen atoms in total. The second-order valence-corrected chi connectivity index (χ2v) is 6.76. The molecule has 2 aromatic heterocycles. The van der Waals surface area contributed by atoms with Crippen LogP contribution in [0.4, 0.5) is 0 Å². The Morgan fingerprint density at radius 2 is 2.32 bits per heavy atom. The third-order valence-corrected chi connectivity index (χ3v) is 4.88. The van der Waals surface area contributed by atoms with Crippen LogP contribution in [0.3, 0.4) is 0 Å². The summed E-state index contributed by atoms with van der Waals surface area (Å²) in [5.74, 6) is 1.13. The van der Waals surface area contributed by atoms with Crippen LogP contribution in [0, 0.1) is 6.92 Å². The molecule has 1 unspecified atom stereocenters. The number of aromatic amines is 1. The van der Waals surface area contributed by atoms with E-state index in [0.717, 1.165) is 49.2 Å². The lowest BCUT2D eigenvalue weighted by atomic mass is 10.2. The Hall–Kier alpha value is -2.63. The van der Waals surface area contributed by atoms with Crippen molar-refractivity contribution in [3.8, 4) is 0 Å². The Kier molecular flexibility index (Phi) is 4.26. The van der Waals surface area contributed by atoms with Crippen molar-refractivity contribution in [1.29, 1.82) is 0 Å². The van der Waals surface area contributed by atoms with Crippen LogP contribution < -0.4 is 0 Å². The normalized spacial score (nSPS) is 17.5. The van der Waals surface area contributed by atoms with E-state index in [0.29, 0.717) is 6.42 Å². The number of rotatable bonds is 5. The summed E-state index contributed by atoms with van der Waals surface area (Å²) >= 11 is 0. The van der Waals surface area contributed by atoms with Crippen LogP contribution in [-0.4, -0.2) is 37.1 Å². The minimum absolute atomic E-state index is 0.0740. The van der Waals surface area contributed by atoms with Crippen molar-refractivity contribution in [2.24, 2.45) is 0 Å². The zero-order chi connectivity index (χ0) is 17.2. The molecule has 0 aliphatic carbocycles. The Labute approximate surface area is 146 Å². The Morgan fingerprint density at radius 3 is 3.16 bits per heavy atom. The number of aromatic nitrogens is 4. The van der Waals surface area contributed by atoms with Gasteiger partial charge in [-0.2, -0.15) is 5.10 Å². The van der Waals surface area contributed by atoms with Crippen LogP contribution in [0.2, 0.25) is 0 Å². The topological polar surface area (TPSA) is 66.8 Å². The fourth-order valence-electron chi connectivity index (χ4n) is 3.62. The van der Waals surface area contributed by atoms with E-state index in [4.69, 9.17) is 4.98 Å². The summed E-state index contributed by atoms with van der Waals surface area (Å²) in [5, 5.41) is 4.18. The highest BCUT2D eigenvalue weighted by molar-refractivity contribution is 5.78. The molecule has 0 radical (unpaired) electrons. The monoisotopic (exact) mass is 337 g/mol. The van der Waals surface area contributed by atoms with Gasteiger partial charge in [-0.25, -0.2) is 4.98 Å². The van der Waals surface area contributed by atoms with Crippen LogP contribution in [0.1, 0.15) is 43.1 Å². The van der Waals surface area contributed by atoms with Gasteiger partial charge in [0, 0.05) is 31.9 Å². The van der Waals surface area contributed by atoms with E-state index in [1.54, 1.807) is 6.20 Å². The van der Waals surface area contributed by atoms with Gasteiger partial charge in [0.15, 0.2) is 0 Å². The molecular formula is C19H23N5O. The number of hydrogen-bond acceptors (Lipinski definition) is 3. The Bertz CT molecular complexity index is 867. The molecule has 0 bridgehead atoms. The van der Waals surface area contributed by atoms with Crippen LogP contribution >= 0.6 is 0 Å². The number of carbonyl (C=O) groups is 1. The maximum atomic E-state index is 12.7. The molecule has 1 atom stereocenters. The van der Waals surface area contributed by atoms with Crippen molar-refractivity contribution in [3.63, 3.8) is 0 Å². The lowest BCUT2D eigenvalue weighted by Gasteiger charge is -2.23. The molecule has 1 aromatic carbocycles. The van der Waals surface area contributed by atoms with Gasteiger partial charge >= 0.3 is 0 Å². The lowest BCUT2D eigenvalue weighted by molar-refractivity contribution is -0.132. The number of hydrogen-bond donors (Lipinski definition) is 1. The van der Waals surface area contributed by atoms with Gasteiger partial charge in [-0.15, -0.1) is 0 Å². The maximum absolute atomic E-state index is 12.7. The molecule has 1 fully saturated rings. The number of amides is 1. The summed E-state index contributed by atoms with van der Waals surface area (Å²) in [6.07, 6.45) is 7.06. The quantitative estimate of drug-likeness (QED) is 0.777. The zero-order valence-electron chi connectivity index (χ0n) is 14.5. The molecule has 1 aliphatic rings. The second kappa shape index (κ2) is 6.70. The van der Waals surface area contributed by atoms with Gasteiger partial charge < -0.3 is 9.88 Å². The van der Waals surface area contributed by atoms with Crippen molar-refractivity contribution >= 4 is 16.9 Å². The molecule has 3 heterocycles. The zero-order valence-corrected chi connectivity index (χ0v) is 14.5. The largest absolute Gasteiger partial charge is 0.340 e. The predicted octanol–water partition coefficient (Wildman–Crippen LogP) is 3.21. The summed E-state index contributed by atoms with van der Waals surface area (Å²) in [6.45, 7) is 3.67. The van der Waals surface area contributed by atoms with Gasteiger partial charge in [0.05, 0.1) is 17.1 Å².